The number of ketones is 1. The van der Waals surface area contributed by atoms with E-state index in [2.05, 4.69) is 15.8 Å². The van der Waals surface area contributed by atoms with E-state index in [1.54, 1.807) is 30.3 Å². The monoisotopic (exact) mass is 461 g/mol. The molecule has 4 rings (SSSR count). The van der Waals surface area contributed by atoms with E-state index in [0.29, 0.717) is 11.3 Å². The van der Waals surface area contributed by atoms with E-state index in [0.717, 1.165) is 42.5 Å². The average molecular weight is 462 g/mol. The second-order valence-electron chi connectivity index (χ2n) is 8.44. The smallest absolute Gasteiger partial charge is 0.273 e. The Balaban J connectivity index is 1.32. The number of benzene rings is 2. The Morgan fingerprint density at radius 3 is 2.35 bits per heavy atom. The molecule has 176 valence electrons. The lowest BCUT2D eigenvalue weighted by atomic mass is 9.88. The van der Waals surface area contributed by atoms with Crippen LogP contribution in [0.3, 0.4) is 0 Å². The first-order chi connectivity index (χ1) is 16.5. The predicted molar refractivity (Wildman–Crippen MR) is 126 cm³/mol. The highest BCUT2D eigenvalue weighted by Crippen LogP contribution is 2.26. The third-order valence-corrected chi connectivity index (χ3v) is 6.03. The van der Waals surface area contributed by atoms with E-state index in [-0.39, 0.29) is 35.8 Å². The van der Waals surface area contributed by atoms with Gasteiger partial charge in [-0.2, -0.15) is 0 Å². The molecule has 3 N–H and O–H groups in total. The van der Waals surface area contributed by atoms with Crippen LogP contribution in [0.4, 0.5) is 5.69 Å². The molecular weight excluding hydrogens is 434 g/mol. The highest BCUT2D eigenvalue weighted by molar-refractivity contribution is 5.97. The summed E-state index contributed by atoms with van der Waals surface area (Å²) in [5.41, 5.74) is 2.84. The van der Waals surface area contributed by atoms with Crippen molar-refractivity contribution < 1.29 is 24.0 Å². The number of aliphatic hydroxyl groups excluding tert-OH is 1. The molecule has 0 spiro atoms. The Morgan fingerprint density at radius 1 is 0.971 bits per heavy atom. The quantitative estimate of drug-likeness (QED) is 0.437. The number of amides is 2. The van der Waals surface area contributed by atoms with Crippen molar-refractivity contribution in [3.05, 3.63) is 71.4 Å². The van der Waals surface area contributed by atoms with Crippen LogP contribution in [0.25, 0.3) is 11.3 Å². The van der Waals surface area contributed by atoms with Crippen molar-refractivity contribution in [1.29, 1.82) is 0 Å². The fourth-order valence-corrected chi connectivity index (χ4v) is 4.02. The summed E-state index contributed by atoms with van der Waals surface area (Å²) >= 11 is 0. The molecule has 1 aromatic heterocycles. The predicted octanol–water partition coefficient (Wildman–Crippen LogP) is 3.97. The molecule has 1 saturated carbocycles. The van der Waals surface area contributed by atoms with Gasteiger partial charge in [0.25, 0.3) is 5.91 Å². The van der Waals surface area contributed by atoms with Crippen LogP contribution >= 0.6 is 0 Å². The minimum Gasteiger partial charge on any atom is -0.388 e. The number of anilines is 1. The summed E-state index contributed by atoms with van der Waals surface area (Å²) in [7, 11) is 0. The number of aliphatic hydroxyl groups is 1. The number of nitrogens with one attached hydrogen (secondary N) is 2. The maximum absolute atomic E-state index is 12.4. The number of hydrogen-bond donors (Lipinski definition) is 3. The van der Waals surface area contributed by atoms with E-state index in [9.17, 15) is 14.4 Å². The molecule has 3 aromatic rings. The fraction of sp³-hybridized carbons (Fsp3) is 0.308. The van der Waals surface area contributed by atoms with Crippen LogP contribution < -0.4 is 10.6 Å². The molecule has 0 unspecified atom stereocenters. The van der Waals surface area contributed by atoms with Gasteiger partial charge >= 0.3 is 0 Å². The van der Waals surface area contributed by atoms with Gasteiger partial charge in [0.15, 0.2) is 17.2 Å². The summed E-state index contributed by atoms with van der Waals surface area (Å²) in [6, 6.07) is 15.5. The third kappa shape index (κ3) is 5.77. The van der Waals surface area contributed by atoms with Crippen molar-refractivity contribution in [3.8, 4) is 11.3 Å². The Morgan fingerprint density at radius 2 is 1.68 bits per heavy atom. The van der Waals surface area contributed by atoms with Crippen LogP contribution in [0, 0.1) is 5.92 Å². The van der Waals surface area contributed by atoms with Gasteiger partial charge in [-0.1, -0.05) is 48.7 Å². The molecule has 2 amide bonds. The third-order valence-electron chi connectivity index (χ3n) is 6.03. The van der Waals surface area contributed by atoms with Crippen LogP contribution in [0.1, 0.15) is 58.5 Å². The highest BCUT2D eigenvalue weighted by atomic mass is 16.5. The summed E-state index contributed by atoms with van der Waals surface area (Å²) in [5, 5.41) is 18.5. The first-order valence-corrected chi connectivity index (χ1v) is 11.4. The molecule has 0 radical (unpaired) electrons. The molecule has 1 heterocycles. The number of hydrogen-bond acceptors (Lipinski definition) is 6. The minimum absolute atomic E-state index is 0.0701. The number of nitrogens with zero attached hydrogens (tertiary/aromatic N) is 1. The van der Waals surface area contributed by atoms with Crippen LogP contribution in [-0.4, -0.2) is 34.5 Å². The van der Waals surface area contributed by atoms with Gasteiger partial charge < -0.3 is 20.3 Å². The molecule has 1 fully saturated rings. The van der Waals surface area contributed by atoms with Gasteiger partial charge in [0.1, 0.15) is 6.61 Å². The van der Waals surface area contributed by atoms with E-state index in [1.807, 2.05) is 24.3 Å². The summed E-state index contributed by atoms with van der Waals surface area (Å²) in [6.45, 7) is -0.285. The molecular formula is C26H27N3O5. The van der Waals surface area contributed by atoms with Gasteiger partial charge in [-0.05, 0) is 42.7 Å². The molecule has 0 aliphatic heterocycles. The zero-order valence-corrected chi connectivity index (χ0v) is 18.8. The number of carbonyl (C=O) groups is 3. The molecule has 0 saturated heterocycles. The molecule has 34 heavy (non-hydrogen) atoms. The van der Waals surface area contributed by atoms with Crippen LogP contribution in [0.2, 0.25) is 0 Å². The summed E-state index contributed by atoms with van der Waals surface area (Å²) < 4.78 is 5.34. The van der Waals surface area contributed by atoms with Crippen molar-refractivity contribution in [2.24, 2.45) is 5.92 Å². The lowest BCUT2D eigenvalue weighted by Gasteiger charge is -2.20. The van der Waals surface area contributed by atoms with Gasteiger partial charge in [0, 0.05) is 35.3 Å². The second-order valence-corrected chi connectivity index (χ2v) is 8.44. The van der Waals surface area contributed by atoms with Gasteiger partial charge in [0.2, 0.25) is 5.91 Å². The Kier molecular flexibility index (Phi) is 7.49. The summed E-state index contributed by atoms with van der Waals surface area (Å²) in [6.07, 6.45) is 5.31. The van der Waals surface area contributed by atoms with Crippen LogP contribution in [-0.2, 0) is 11.3 Å². The van der Waals surface area contributed by atoms with E-state index < -0.39 is 6.61 Å². The van der Waals surface area contributed by atoms with Gasteiger partial charge in [-0.15, -0.1) is 0 Å². The molecule has 8 nitrogen and oxygen atoms in total. The maximum Gasteiger partial charge on any atom is 0.273 e. The van der Waals surface area contributed by atoms with Gasteiger partial charge in [-0.3, -0.25) is 14.4 Å². The Labute approximate surface area is 197 Å². The fourth-order valence-electron chi connectivity index (χ4n) is 4.02. The van der Waals surface area contributed by atoms with E-state index >= 15 is 0 Å². The molecule has 8 heteroatoms. The summed E-state index contributed by atoms with van der Waals surface area (Å²) in [4.78, 5) is 36.3. The Hall–Kier alpha value is -3.78. The standard InChI is InChI=1S/C26H27N3O5/c30-16-23(31)18-8-6-17(7-9-18)15-27-26(33)22-14-24(34-29-22)19-10-12-21(13-11-19)28-25(32)20-4-2-1-3-5-20/h6-14,20,30H,1-5,15-16H2,(H,27,33)(H,28,32). The van der Waals surface area contributed by atoms with Crippen molar-refractivity contribution in [3.63, 3.8) is 0 Å². The Bertz CT molecular complexity index is 1150. The van der Waals surface area contributed by atoms with Crippen molar-refractivity contribution >= 4 is 23.3 Å². The normalized spacial score (nSPS) is 13.9. The van der Waals surface area contributed by atoms with Crippen molar-refractivity contribution in [2.45, 2.75) is 38.6 Å². The lowest BCUT2D eigenvalue weighted by Crippen LogP contribution is -2.24. The van der Waals surface area contributed by atoms with Gasteiger partial charge in [-0.25, -0.2) is 0 Å². The highest BCUT2D eigenvalue weighted by Gasteiger charge is 2.21. The molecule has 1 aliphatic rings. The molecule has 1 aliphatic carbocycles. The minimum atomic E-state index is -0.539. The summed E-state index contributed by atoms with van der Waals surface area (Å²) in [5.74, 6) is -0.139. The first kappa shape index (κ1) is 23.4. The van der Waals surface area contributed by atoms with Crippen LogP contribution in [0.5, 0.6) is 0 Å². The van der Waals surface area contributed by atoms with Crippen molar-refractivity contribution in [1.82, 2.24) is 10.5 Å². The molecule has 0 atom stereocenters. The molecule has 2 aromatic carbocycles. The number of carbonyl (C=O) groups excluding carboxylic acids is 3. The molecule has 0 bridgehead atoms. The SMILES string of the molecule is O=C(CO)c1ccc(CNC(=O)c2cc(-c3ccc(NC(=O)C4CCCCC4)cc3)on2)cc1. The lowest BCUT2D eigenvalue weighted by molar-refractivity contribution is -0.120. The zero-order valence-electron chi connectivity index (χ0n) is 18.8. The topological polar surface area (TPSA) is 122 Å². The second kappa shape index (κ2) is 10.9. The van der Waals surface area contributed by atoms with E-state index in [4.69, 9.17) is 9.63 Å². The number of Topliss-reactive ketones (excluding diaryl/α,β-unsaturated/α-hetero) is 1. The van der Waals surface area contributed by atoms with E-state index in [1.165, 1.54) is 6.42 Å². The average Bonchev–Trinajstić information content (AvgIpc) is 3.38. The number of aromatic nitrogens is 1. The number of rotatable bonds is 8. The maximum atomic E-state index is 12.4. The largest absolute Gasteiger partial charge is 0.388 e. The van der Waals surface area contributed by atoms with Crippen molar-refractivity contribution in [2.75, 3.05) is 11.9 Å². The first-order valence-electron chi connectivity index (χ1n) is 11.4. The van der Waals surface area contributed by atoms with Crippen LogP contribution in [0.15, 0.2) is 59.1 Å². The zero-order chi connectivity index (χ0) is 23.9. The van der Waals surface area contributed by atoms with Gasteiger partial charge in [0.05, 0.1) is 0 Å².